The van der Waals surface area contributed by atoms with E-state index in [1.165, 1.54) is 13.2 Å². The molecule has 60 heavy (non-hydrogen) atoms. The number of aliphatic hydroxyl groups excluding tert-OH is 1. The number of nitrogens with one attached hydrogen (secondary N) is 4. The van der Waals surface area contributed by atoms with Crippen molar-refractivity contribution < 1.29 is 38.6 Å². The van der Waals surface area contributed by atoms with Gasteiger partial charge in [-0.25, -0.2) is 9.78 Å². The maximum atomic E-state index is 14.0. The van der Waals surface area contributed by atoms with Crippen molar-refractivity contribution in [3.63, 3.8) is 0 Å². The van der Waals surface area contributed by atoms with Gasteiger partial charge in [0.05, 0.1) is 37.2 Å². The van der Waals surface area contributed by atoms with Crippen LogP contribution >= 0.6 is 0 Å². The third kappa shape index (κ3) is 12.4. The van der Waals surface area contributed by atoms with Crippen LogP contribution in [-0.4, -0.2) is 107 Å². The van der Waals surface area contributed by atoms with Gasteiger partial charge >= 0.3 is 5.97 Å². The van der Waals surface area contributed by atoms with Gasteiger partial charge in [0.2, 0.25) is 23.6 Å². The second-order valence-electron chi connectivity index (χ2n) is 15.3. The smallest absolute Gasteiger partial charge is 0.328 e. The van der Waals surface area contributed by atoms with Gasteiger partial charge in [-0.05, 0) is 55.0 Å². The van der Waals surface area contributed by atoms with Gasteiger partial charge in [-0.3, -0.25) is 28.9 Å². The predicted octanol–water partition coefficient (Wildman–Crippen LogP) is 2.19. The number of benzene rings is 3. The average molecular weight is 822 g/mol. The molecule has 318 valence electrons. The van der Waals surface area contributed by atoms with Crippen LogP contribution in [0.4, 0.5) is 0 Å². The number of aliphatic hydroxyl groups is 1. The molecule has 0 saturated carbocycles. The highest BCUT2D eigenvalue weighted by Gasteiger charge is 2.38. The Labute approximate surface area is 349 Å². The normalized spacial score (nSPS) is 17.0. The van der Waals surface area contributed by atoms with E-state index in [9.17, 15) is 33.9 Å². The molecule has 3 aromatic carbocycles. The molecule has 5 rings (SSSR count). The van der Waals surface area contributed by atoms with E-state index in [1.54, 1.807) is 18.2 Å². The minimum atomic E-state index is -1.38. The molecule has 5 amide bonds. The number of esters is 1. The maximum Gasteiger partial charge on any atom is 0.328 e. The zero-order chi connectivity index (χ0) is 43.2. The van der Waals surface area contributed by atoms with E-state index in [0.29, 0.717) is 31.3 Å². The van der Waals surface area contributed by atoms with Crippen molar-refractivity contribution >= 4 is 46.4 Å². The molecule has 15 nitrogen and oxygen atoms in total. The van der Waals surface area contributed by atoms with Crippen LogP contribution in [0.5, 0.6) is 0 Å². The van der Waals surface area contributed by atoms with Crippen LogP contribution in [0.15, 0.2) is 97.1 Å². The number of methoxy groups -OCH3 is 1. The quantitative estimate of drug-likeness (QED) is 0.0714. The summed E-state index contributed by atoms with van der Waals surface area (Å²) in [5.74, 6) is -4.08. The molecule has 2 heterocycles. The van der Waals surface area contributed by atoms with Crippen molar-refractivity contribution in [3.8, 4) is 0 Å². The fourth-order valence-electron chi connectivity index (χ4n) is 7.38. The number of hydrogen-bond acceptors (Lipinski definition) is 10. The number of hydrogen-bond donors (Lipinski definition) is 6. The van der Waals surface area contributed by atoms with E-state index in [4.69, 9.17) is 10.5 Å². The molecule has 0 radical (unpaired) electrons. The van der Waals surface area contributed by atoms with Gasteiger partial charge in [-0.15, -0.1) is 0 Å². The number of aromatic nitrogens is 1. The minimum Gasteiger partial charge on any atom is -0.467 e. The molecule has 1 aliphatic rings. The van der Waals surface area contributed by atoms with Gasteiger partial charge in [-0.2, -0.15) is 0 Å². The Balaban J connectivity index is 1.29. The van der Waals surface area contributed by atoms with Gasteiger partial charge < -0.3 is 36.8 Å². The second kappa shape index (κ2) is 21.7. The molecule has 2 unspecified atom stereocenters. The molecule has 0 bridgehead atoms. The van der Waals surface area contributed by atoms with E-state index < -0.39 is 78.2 Å². The highest BCUT2D eigenvalue weighted by atomic mass is 16.5. The molecule has 7 atom stereocenters. The summed E-state index contributed by atoms with van der Waals surface area (Å²) in [6.45, 7) is 4.18. The summed E-state index contributed by atoms with van der Waals surface area (Å²) in [5.41, 5.74) is 7.76. The van der Waals surface area contributed by atoms with E-state index in [-0.39, 0.29) is 31.0 Å². The van der Waals surface area contributed by atoms with Crippen LogP contribution in [0, 0.1) is 5.92 Å². The second-order valence-corrected chi connectivity index (χ2v) is 15.3. The molecule has 1 fully saturated rings. The Hall–Kier alpha value is -6.19. The van der Waals surface area contributed by atoms with Crippen LogP contribution in [0.1, 0.15) is 61.1 Å². The maximum absolute atomic E-state index is 14.0. The molecule has 4 aromatic rings. The number of nitrogens with two attached hydrogens (primary N) is 1. The zero-order valence-electron chi connectivity index (χ0n) is 34.2. The third-order valence-electron chi connectivity index (χ3n) is 10.9. The summed E-state index contributed by atoms with van der Waals surface area (Å²) in [7, 11) is 1.25. The largest absolute Gasteiger partial charge is 0.467 e. The van der Waals surface area contributed by atoms with Crippen LogP contribution in [0.3, 0.4) is 0 Å². The Kier molecular flexibility index (Phi) is 16.2. The first-order valence-electron chi connectivity index (χ1n) is 20.3. The number of carbonyl (C=O) groups is 6. The number of rotatable bonds is 20. The summed E-state index contributed by atoms with van der Waals surface area (Å²) in [4.78, 5) is 86.1. The molecule has 1 aliphatic heterocycles. The summed E-state index contributed by atoms with van der Waals surface area (Å²) >= 11 is 0. The van der Waals surface area contributed by atoms with Crippen molar-refractivity contribution in [1.29, 1.82) is 0 Å². The Morgan fingerprint density at radius 1 is 0.817 bits per heavy atom. The molecular formula is C45H55N7O8. The SMILES string of the molecule is CCC(C)[C@H](NC(=O)[C@@H]1CCCN1CC(O)[C@H](Cc1ccccc1)NC(=O)[C@H](CC(N)=O)NC(=O)c1ccc2ccccc2n1)C(=O)N[C@@H](Cc1ccccc1)C(=O)OC. The van der Waals surface area contributed by atoms with E-state index in [1.807, 2.05) is 91.5 Å². The van der Waals surface area contributed by atoms with Crippen molar-refractivity contribution in [2.75, 3.05) is 20.2 Å². The number of ether oxygens (including phenoxy) is 1. The molecular weight excluding hydrogens is 767 g/mol. The number of likely N-dealkylation sites (tertiary alicyclic amines) is 1. The summed E-state index contributed by atoms with van der Waals surface area (Å²) in [6, 6.07) is 23.9. The van der Waals surface area contributed by atoms with E-state index in [2.05, 4.69) is 26.3 Å². The molecule has 1 saturated heterocycles. The fraction of sp³-hybridized carbons (Fsp3) is 0.400. The van der Waals surface area contributed by atoms with Gasteiger partial charge in [0.25, 0.3) is 5.91 Å². The lowest BCUT2D eigenvalue weighted by molar-refractivity contribution is -0.145. The van der Waals surface area contributed by atoms with E-state index in [0.717, 1.165) is 16.5 Å². The Morgan fingerprint density at radius 3 is 2.12 bits per heavy atom. The lowest BCUT2D eigenvalue weighted by Gasteiger charge is -2.33. The lowest BCUT2D eigenvalue weighted by Crippen LogP contribution is -2.59. The van der Waals surface area contributed by atoms with Crippen molar-refractivity contribution in [3.05, 3.63) is 114 Å². The number of primary amides is 1. The number of para-hydroxylation sites is 1. The zero-order valence-corrected chi connectivity index (χ0v) is 34.2. The number of fused-ring (bicyclic) bond motifs is 1. The number of amides is 5. The minimum absolute atomic E-state index is 0.0224. The third-order valence-corrected chi connectivity index (χ3v) is 10.9. The van der Waals surface area contributed by atoms with Gasteiger partial charge in [0.15, 0.2) is 0 Å². The van der Waals surface area contributed by atoms with Gasteiger partial charge in [0.1, 0.15) is 23.8 Å². The molecule has 15 heteroatoms. The molecule has 0 aliphatic carbocycles. The fourth-order valence-corrected chi connectivity index (χ4v) is 7.38. The number of β-amino-alcohol motifs (C(OH)–C–C–N with tert-alkyl or cyclic N) is 1. The van der Waals surface area contributed by atoms with Crippen molar-refractivity contribution in [2.45, 2.75) is 88.7 Å². The van der Waals surface area contributed by atoms with Crippen LogP contribution in [-0.2, 0) is 41.6 Å². The summed E-state index contributed by atoms with van der Waals surface area (Å²) in [6.07, 6.45) is 0.307. The van der Waals surface area contributed by atoms with Crippen molar-refractivity contribution in [2.24, 2.45) is 11.7 Å². The topological polar surface area (TPSA) is 222 Å². The first-order valence-corrected chi connectivity index (χ1v) is 20.3. The van der Waals surface area contributed by atoms with Crippen LogP contribution in [0.25, 0.3) is 10.9 Å². The highest BCUT2D eigenvalue weighted by Crippen LogP contribution is 2.21. The highest BCUT2D eigenvalue weighted by molar-refractivity contribution is 5.99. The summed E-state index contributed by atoms with van der Waals surface area (Å²) < 4.78 is 4.98. The standard InChI is InChI=1S/C45H55N7O8/c1-4-28(2)40(44(58)50-36(45(59)60-3)25-30-16-9-6-10-17-30)51-43(57)37-20-13-23-52(37)27-38(53)34(24-29-14-7-5-8-15-29)48-42(56)35(26-39(46)54)49-41(55)33-22-21-31-18-11-12-19-32(31)47-33/h5-12,14-19,21-22,28,34-38,40,53H,4,13,20,23-27H2,1-3H3,(H2,46,54)(H,48,56)(H,49,55)(H,50,58)(H,51,57)/t28?,34-,35-,36-,37-,38?,40-/m0/s1. The Bertz CT molecular complexity index is 2100. The molecule has 7 N–H and O–H groups in total. The monoisotopic (exact) mass is 821 g/mol. The van der Waals surface area contributed by atoms with Gasteiger partial charge in [-0.1, -0.05) is 105 Å². The van der Waals surface area contributed by atoms with E-state index >= 15 is 0 Å². The first kappa shape index (κ1) is 44.9. The number of carbonyl (C=O) groups excluding carboxylic acids is 6. The van der Waals surface area contributed by atoms with Gasteiger partial charge in [0, 0.05) is 18.4 Å². The average Bonchev–Trinajstić information content (AvgIpc) is 3.72. The van der Waals surface area contributed by atoms with Crippen LogP contribution in [0.2, 0.25) is 0 Å². The number of pyridine rings is 1. The summed E-state index contributed by atoms with van der Waals surface area (Å²) in [5, 5.41) is 23.8. The molecule has 1 aromatic heterocycles. The Morgan fingerprint density at radius 2 is 1.47 bits per heavy atom. The number of nitrogens with zero attached hydrogens (tertiary/aromatic N) is 2. The molecule has 0 spiro atoms. The van der Waals surface area contributed by atoms with Crippen molar-refractivity contribution in [1.82, 2.24) is 31.2 Å². The predicted molar refractivity (Wildman–Crippen MR) is 225 cm³/mol. The first-order chi connectivity index (χ1) is 28.9. The lowest BCUT2D eigenvalue weighted by atomic mass is 9.96. The van der Waals surface area contributed by atoms with Crippen LogP contribution < -0.4 is 27.0 Å².